The largest absolute Gasteiger partial charge is 0.502 e. The standard InChI is InChI=1S/C7H6N2O5.C6H5N2/c1-4-2-5(8(11)12)3-6(7(4)10)9(13)14;7-8-6-4-2-1-3-5-6/h2-3,10H,1H3;1-5H/q;+1. The summed E-state index contributed by atoms with van der Waals surface area (Å²) < 4.78 is 0. The zero-order valence-electron chi connectivity index (χ0n) is 11.4. The highest BCUT2D eigenvalue weighted by Crippen LogP contribution is 2.33. The van der Waals surface area contributed by atoms with Crippen LogP contribution in [0.1, 0.15) is 5.56 Å². The van der Waals surface area contributed by atoms with Crippen molar-refractivity contribution in [3.05, 3.63) is 73.2 Å². The molecule has 0 saturated carbocycles. The van der Waals surface area contributed by atoms with Crippen molar-refractivity contribution in [3.63, 3.8) is 0 Å². The minimum Gasteiger partial charge on any atom is -0.502 e. The van der Waals surface area contributed by atoms with E-state index in [-0.39, 0.29) is 5.56 Å². The molecule has 9 heteroatoms. The number of aromatic hydroxyl groups is 1. The Morgan fingerprint density at radius 3 is 2.09 bits per heavy atom. The highest BCUT2D eigenvalue weighted by atomic mass is 16.6. The number of hydrogen-bond donors (Lipinski definition) is 1. The van der Waals surface area contributed by atoms with Gasteiger partial charge in [0.1, 0.15) is 0 Å². The predicted octanol–water partition coefficient (Wildman–Crippen LogP) is 3.69. The third-order valence-electron chi connectivity index (χ3n) is 2.54. The smallest absolute Gasteiger partial charge is 0.385 e. The zero-order valence-corrected chi connectivity index (χ0v) is 11.4. The normalized spacial score (nSPS) is 9.09. The molecule has 0 atom stereocenters. The third kappa shape index (κ3) is 4.24. The lowest BCUT2D eigenvalue weighted by Gasteiger charge is -1.99. The summed E-state index contributed by atoms with van der Waals surface area (Å²) in [7, 11) is 0. The van der Waals surface area contributed by atoms with Gasteiger partial charge in [0.15, 0.2) is 10.7 Å². The molecule has 0 unspecified atom stereocenters. The number of hydrogen-bond acceptors (Lipinski definition) is 6. The van der Waals surface area contributed by atoms with Gasteiger partial charge >= 0.3 is 11.4 Å². The predicted molar refractivity (Wildman–Crippen MR) is 77.3 cm³/mol. The second-order valence-corrected chi connectivity index (χ2v) is 4.08. The first kappa shape index (κ1) is 16.5. The van der Waals surface area contributed by atoms with Crippen molar-refractivity contribution in [2.24, 2.45) is 0 Å². The molecule has 22 heavy (non-hydrogen) atoms. The molecule has 0 amide bonds. The molecule has 0 bridgehead atoms. The maximum Gasteiger partial charge on any atom is 0.385 e. The fourth-order valence-electron chi connectivity index (χ4n) is 1.48. The van der Waals surface area contributed by atoms with Crippen LogP contribution in [0.25, 0.3) is 4.98 Å². The first-order valence-electron chi connectivity index (χ1n) is 5.89. The molecule has 0 aliphatic rings. The Morgan fingerprint density at radius 2 is 1.68 bits per heavy atom. The molecule has 0 radical (unpaired) electrons. The summed E-state index contributed by atoms with van der Waals surface area (Å²) in [5.74, 6) is -0.541. The number of nitro groups is 2. The second-order valence-electron chi connectivity index (χ2n) is 4.08. The average Bonchev–Trinajstić information content (AvgIpc) is 2.50. The Balaban J connectivity index is 0.000000255. The molecule has 0 spiro atoms. The Morgan fingerprint density at radius 1 is 1.09 bits per heavy atom. The number of nitro benzene ring substituents is 2. The molecule has 9 nitrogen and oxygen atoms in total. The second kappa shape index (κ2) is 7.30. The van der Waals surface area contributed by atoms with Gasteiger partial charge in [0.05, 0.1) is 15.9 Å². The highest BCUT2D eigenvalue weighted by Gasteiger charge is 2.21. The molecule has 2 aromatic carbocycles. The van der Waals surface area contributed by atoms with Crippen LogP contribution in [0.15, 0.2) is 42.5 Å². The number of aryl methyl sites for hydroxylation is 1. The minimum absolute atomic E-state index is 0.103. The Labute approximate surface area is 124 Å². The van der Waals surface area contributed by atoms with E-state index in [2.05, 4.69) is 4.98 Å². The van der Waals surface area contributed by atoms with Crippen LogP contribution in [0, 0.1) is 32.5 Å². The lowest BCUT2D eigenvalue weighted by atomic mass is 10.1. The molecule has 0 aliphatic carbocycles. The summed E-state index contributed by atoms with van der Waals surface area (Å²) in [5, 5.41) is 38.1. The van der Waals surface area contributed by atoms with Crippen LogP contribution in [0.5, 0.6) is 5.75 Å². The van der Waals surface area contributed by atoms with E-state index in [4.69, 9.17) is 5.39 Å². The van der Waals surface area contributed by atoms with Crippen LogP contribution in [0.4, 0.5) is 17.1 Å². The molecular weight excluding hydrogens is 292 g/mol. The SMILES string of the molecule is Cc1cc([N+](=O)[O-])cc([N+](=O)[O-])c1O.N#[N+]c1ccccc1. The average molecular weight is 303 g/mol. The molecule has 0 heterocycles. The number of phenols is 1. The zero-order chi connectivity index (χ0) is 16.7. The lowest BCUT2D eigenvalue weighted by molar-refractivity contribution is -0.394. The van der Waals surface area contributed by atoms with E-state index in [0.717, 1.165) is 12.1 Å². The Hall–Kier alpha value is -3.54. The van der Waals surface area contributed by atoms with Crippen molar-refractivity contribution in [2.45, 2.75) is 6.92 Å². The van der Waals surface area contributed by atoms with Gasteiger partial charge in [0, 0.05) is 23.8 Å². The molecule has 2 aromatic rings. The molecule has 0 fully saturated rings. The van der Waals surface area contributed by atoms with Gasteiger partial charge in [0.25, 0.3) is 5.69 Å². The molecule has 2 rings (SSSR count). The molecule has 1 N–H and O–H groups in total. The lowest BCUT2D eigenvalue weighted by Crippen LogP contribution is -1.94. The number of nitrogens with zero attached hydrogens (tertiary/aromatic N) is 4. The number of benzene rings is 2. The number of rotatable bonds is 2. The van der Waals surface area contributed by atoms with Gasteiger partial charge in [-0.05, 0) is 6.92 Å². The van der Waals surface area contributed by atoms with Gasteiger partial charge in [0.2, 0.25) is 5.39 Å². The highest BCUT2D eigenvalue weighted by molar-refractivity contribution is 5.57. The van der Waals surface area contributed by atoms with Crippen LogP contribution in [-0.2, 0) is 0 Å². The fraction of sp³-hybridized carbons (Fsp3) is 0.0769. The summed E-state index contributed by atoms with van der Waals surface area (Å²) >= 11 is 0. The van der Waals surface area contributed by atoms with Crippen molar-refractivity contribution >= 4 is 17.1 Å². The molecule has 0 saturated heterocycles. The van der Waals surface area contributed by atoms with E-state index >= 15 is 0 Å². The van der Waals surface area contributed by atoms with Gasteiger partial charge < -0.3 is 5.11 Å². The van der Waals surface area contributed by atoms with E-state index in [1.54, 1.807) is 12.1 Å². The van der Waals surface area contributed by atoms with Crippen molar-refractivity contribution < 1.29 is 15.0 Å². The van der Waals surface area contributed by atoms with Crippen LogP contribution < -0.4 is 0 Å². The third-order valence-corrected chi connectivity index (χ3v) is 2.54. The van der Waals surface area contributed by atoms with Crippen molar-refractivity contribution in [3.8, 4) is 5.75 Å². The quantitative estimate of drug-likeness (QED) is 0.510. The molecule has 0 aromatic heterocycles. The fourth-order valence-corrected chi connectivity index (χ4v) is 1.48. The van der Waals surface area contributed by atoms with Crippen LogP contribution in [0.3, 0.4) is 0 Å². The van der Waals surface area contributed by atoms with Gasteiger partial charge in [-0.25, -0.2) is 0 Å². The van der Waals surface area contributed by atoms with Gasteiger partial charge in [-0.2, -0.15) is 0 Å². The Bertz CT molecular complexity index is 740. The van der Waals surface area contributed by atoms with E-state index in [1.165, 1.54) is 6.92 Å². The van der Waals surface area contributed by atoms with Crippen molar-refractivity contribution in [1.29, 1.82) is 5.39 Å². The van der Waals surface area contributed by atoms with Gasteiger partial charge in [-0.15, -0.1) is 0 Å². The van der Waals surface area contributed by atoms with Gasteiger partial charge in [-0.3, -0.25) is 20.2 Å². The number of diazo groups is 1. The summed E-state index contributed by atoms with van der Waals surface area (Å²) in [4.78, 5) is 22.1. The van der Waals surface area contributed by atoms with Crippen LogP contribution >= 0.6 is 0 Å². The molecular formula is C13H11N4O5+. The number of non-ortho nitro benzene ring substituents is 1. The first-order chi connectivity index (χ1) is 10.4. The van der Waals surface area contributed by atoms with Gasteiger partial charge in [-0.1, -0.05) is 18.2 Å². The summed E-state index contributed by atoms with van der Waals surface area (Å²) in [6.07, 6.45) is 0. The summed E-state index contributed by atoms with van der Waals surface area (Å²) in [5.41, 5.74) is -0.373. The summed E-state index contributed by atoms with van der Waals surface area (Å²) in [6, 6.07) is 10.7. The van der Waals surface area contributed by atoms with Crippen molar-refractivity contribution in [2.75, 3.05) is 0 Å². The summed E-state index contributed by atoms with van der Waals surface area (Å²) in [6.45, 7) is 1.36. The van der Waals surface area contributed by atoms with E-state index in [9.17, 15) is 25.3 Å². The van der Waals surface area contributed by atoms with E-state index in [0.29, 0.717) is 5.69 Å². The van der Waals surface area contributed by atoms with E-state index in [1.807, 2.05) is 18.2 Å². The minimum atomic E-state index is -0.866. The molecule has 0 aliphatic heterocycles. The van der Waals surface area contributed by atoms with Crippen molar-refractivity contribution in [1.82, 2.24) is 0 Å². The monoisotopic (exact) mass is 303 g/mol. The maximum absolute atomic E-state index is 10.4. The number of phenolic OH excluding ortho intramolecular Hbond substituents is 1. The first-order valence-corrected chi connectivity index (χ1v) is 5.89. The van der Waals surface area contributed by atoms with E-state index < -0.39 is 27.0 Å². The van der Waals surface area contributed by atoms with Crippen LogP contribution in [0.2, 0.25) is 0 Å². The topological polar surface area (TPSA) is 135 Å². The Kier molecular flexibility index (Phi) is 5.48. The van der Waals surface area contributed by atoms with Crippen LogP contribution in [-0.4, -0.2) is 15.0 Å². The molecule has 112 valence electrons. The maximum atomic E-state index is 10.4.